The van der Waals surface area contributed by atoms with E-state index in [-0.39, 0.29) is 6.10 Å². The van der Waals surface area contributed by atoms with Crippen LogP contribution in [0.3, 0.4) is 0 Å². The molecule has 0 N–H and O–H groups in total. The van der Waals surface area contributed by atoms with Crippen LogP contribution in [0.1, 0.15) is 18.4 Å². The molecule has 0 saturated carbocycles. The van der Waals surface area contributed by atoms with Crippen molar-refractivity contribution in [1.29, 1.82) is 0 Å². The minimum Gasteiger partial charge on any atom is -0.491 e. The normalized spacial score (nSPS) is 11.5. The molecule has 0 spiro atoms. The van der Waals surface area contributed by atoms with Crippen molar-refractivity contribution in [1.82, 2.24) is 0 Å². The largest absolute Gasteiger partial charge is 0.491 e. The van der Waals surface area contributed by atoms with Gasteiger partial charge in [0.05, 0.1) is 13.2 Å². The summed E-state index contributed by atoms with van der Waals surface area (Å²) in [5.74, 6) is 0.389. The summed E-state index contributed by atoms with van der Waals surface area (Å²) in [5, 5.41) is 0. The number of benzene rings is 1. The number of rotatable bonds is 13. The van der Waals surface area contributed by atoms with E-state index in [9.17, 15) is 4.79 Å². The van der Waals surface area contributed by atoms with E-state index >= 15 is 0 Å². The smallest absolute Gasteiger partial charge is 0.330 e. The molecule has 1 aromatic carbocycles. The minimum absolute atomic E-state index is 0.136. The molecule has 0 aliphatic rings. The first-order chi connectivity index (χ1) is 11.7. The summed E-state index contributed by atoms with van der Waals surface area (Å²) in [6, 6.07) is 7.68. The summed E-state index contributed by atoms with van der Waals surface area (Å²) < 4.78 is 21.5. The highest BCUT2D eigenvalue weighted by atomic mass is 16.6. The van der Waals surface area contributed by atoms with Gasteiger partial charge in [0.25, 0.3) is 0 Å². The van der Waals surface area contributed by atoms with Gasteiger partial charge in [-0.2, -0.15) is 0 Å². The van der Waals surface area contributed by atoms with E-state index in [1.54, 1.807) is 13.2 Å². The average Bonchev–Trinajstić information content (AvgIpc) is 2.63. The molecule has 0 aliphatic heterocycles. The van der Waals surface area contributed by atoms with Gasteiger partial charge in [-0.25, -0.2) is 4.79 Å². The van der Waals surface area contributed by atoms with Gasteiger partial charge < -0.3 is 18.9 Å². The SMILES string of the molecule is C=CC(=O)OCCCCOCC(COc1ccc(C=C)cc1)OC. The van der Waals surface area contributed by atoms with Crippen molar-refractivity contribution in [3.63, 3.8) is 0 Å². The molecule has 5 heteroatoms. The van der Waals surface area contributed by atoms with Crippen molar-refractivity contribution in [2.45, 2.75) is 18.9 Å². The number of hydrogen-bond donors (Lipinski definition) is 0. The van der Waals surface area contributed by atoms with Gasteiger partial charge >= 0.3 is 5.97 Å². The second-order valence-electron chi connectivity index (χ2n) is 5.10. The van der Waals surface area contributed by atoms with Crippen LogP contribution in [-0.4, -0.2) is 45.6 Å². The maximum atomic E-state index is 10.8. The Labute approximate surface area is 143 Å². The summed E-state index contributed by atoms with van der Waals surface area (Å²) in [6.45, 7) is 8.88. The fraction of sp³-hybridized carbons (Fsp3) is 0.421. The summed E-state index contributed by atoms with van der Waals surface area (Å²) in [4.78, 5) is 10.8. The van der Waals surface area contributed by atoms with Gasteiger partial charge in [0.1, 0.15) is 18.5 Å². The maximum Gasteiger partial charge on any atom is 0.330 e. The zero-order valence-corrected chi connectivity index (χ0v) is 14.2. The van der Waals surface area contributed by atoms with Crippen molar-refractivity contribution >= 4 is 12.0 Å². The van der Waals surface area contributed by atoms with E-state index in [1.165, 1.54) is 0 Å². The Morgan fingerprint density at radius 3 is 2.46 bits per heavy atom. The average molecular weight is 334 g/mol. The molecule has 24 heavy (non-hydrogen) atoms. The third-order valence-corrected chi connectivity index (χ3v) is 3.28. The molecule has 5 nitrogen and oxygen atoms in total. The lowest BCUT2D eigenvalue weighted by Gasteiger charge is -2.16. The molecule has 0 heterocycles. The lowest BCUT2D eigenvalue weighted by atomic mass is 10.2. The van der Waals surface area contributed by atoms with Crippen LogP contribution in [0.4, 0.5) is 0 Å². The van der Waals surface area contributed by atoms with Crippen LogP contribution < -0.4 is 4.74 Å². The van der Waals surface area contributed by atoms with Gasteiger partial charge in [-0.1, -0.05) is 31.4 Å². The lowest BCUT2D eigenvalue weighted by molar-refractivity contribution is -0.137. The van der Waals surface area contributed by atoms with E-state index < -0.39 is 5.97 Å². The first-order valence-corrected chi connectivity index (χ1v) is 7.94. The highest BCUT2D eigenvalue weighted by Gasteiger charge is 2.09. The zero-order chi connectivity index (χ0) is 17.6. The molecular weight excluding hydrogens is 308 g/mol. The number of esters is 1. The van der Waals surface area contributed by atoms with Crippen LogP contribution >= 0.6 is 0 Å². The molecule has 1 aromatic rings. The number of hydrogen-bond acceptors (Lipinski definition) is 5. The summed E-state index contributed by atoms with van der Waals surface area (Å²) in [6.07, 6.45) is 4.37. The number of methoxy groups -OCH3 is 1. The summed E-state index contributed by atoms with van der Waals surface area (Å²) in [7, 11) is 1.63. The monoisotopic (exact) mass is 334 g/mol. The molecule has 1 rings (SSSR count). The molecule has 0 aliphatic carbocycles. The molecule has 0 saturated heterocycles. The van der Waals surface area contributed by atoms with Gasteiger partial charge in [-0.3, -0.25) is 0 Å². The van der Waals surface area contributed by atoms with Gasteiger partial charge in [0.2, 0.25) is 0 Å². The summed E-state index contributed by atoms with van der Waals surface area (Å²) >= 11 is 0. The van der Waals surface area contributed by atoms with E-state index in [2.05, 4.69) is 13.2 Å². The minimum atomic E-state index is -0.395. The molecule has 1 unspecified atom stereocenters. The predicted octanol–water partition coefficient (Wildman–Crippen LogP) is 3.25. The van der Waals surface area contributed by atoms with Crippen LogP contribution in [0, 0.1) is 0 Å². The highest BCUT2D eigenvalue weighted by Crippen LogP contribution is 2.13. The van der Waals surface area contributed by atoms with E-state index in [0.29, 0.717) is 26.4 Å². The maximum absolute atomic E-state index is 10.8. The number of carbonyl (C=O) groups excluding carboxylic acids is 1. The fourth-order valence-electron chi connectivity index (χ4n) is 1.83. The molecule has 0 aromatic heterocycles. The lowest BCUT2D eigenvalue weighted by Crippen LogP contribution is -2.26. The molecule has 0 fully saturated rings. The van der Waals surface area contributed by atoms with Gasteiger partial charge in [-0.05, 0) is 30.5 Å². The van der Waals surface area contributed by atoms with Crippen molar-refractivity contribution in [3.05, 3.63) is 49.1 Å². The van der Waals surface area contributed by atoms with Crippen LogP contribution in [0.5, 0.6) is 5.75 Å². The third kappa shape index (κ3) is 8.50. The van der Waals surface area contributed by atoms with Crippen LogP contribution in [0.25, 0.3) is 6.08 Å². The Kier molecular flexibility index (Phi) is 10.2. The Hall–Kier alpha value is -2.11. The fourth-order valence-corrected chi connectivity index (χ4v) is 1.83. The van der Waals surface area contributed by atoms with E-state index in [4.69, 9.17) is 18.9 Å². The van der Waals surface area contributed by atoms with Crippen molar-refractivity contribution in [3.8, 4) is 5.75 Å². The second-order valence-corrected chi connectivity index (χ2v) is 5.10. The number of carbonyl (C=O) groups is 1. The predicted molar refractivity (Wildman–Crippen MR) is 94.0 cm³/mol. The van der Waals surface area contributed by atoms with Gasteiger partial charge in [-0.15, -0.1) is 0 Å². The Morgan fingerprint density at radius 2 is 1.83 bits per heavy atom. The Bertz CT molecular complexity index is 495. The number of unbranched alkanes of at least 4 members (excludes halogenated alkanes) is 1. The Balaban J connectivity index is 2.12. The van der Waals surface area contributed by atoms with Gasteiger partial charge in [0.15, 0.2) is 0 Å². The first-order valence-electron chi connectivity index (χ1n) is 7.94. The van der Waals surface area contributed by atoms with E-state index in [0.717, 1.165) is 30.2 Å². The second kappa shape index (κ2) is 12.3. The topological polar surface area (TPSA) is 54.0 Å². The number of ether oxygens (including phenoxy) is 4. The molecule has 132 valence electrons. The Morgan fingerprint density at radius 1 is 1.12 bits per heavy atom. The molecule has 1 atom stereocenters. The van der Waals surface area contributed by atoms with Gasteiger partial charge in [0, 0.05) is 19.8 Å². The quantitative estimate of drug-likeness (QED) is 0.315. The standard InChI is InChI=1S/C19H26O5/c1-4-16-8-10-17(11-9-16)24-15-18(21-3)14-22-12-6-7-13-23-19(20)5-2/h4-5,8-11,18H,1-2,6-7,12-15H2,3H3. The molecular formula is C19H26O5. The van der Waals surface area contributed by atoms with E-state index in [1.807, 2.05) is 24.3 Å². The molecule has 0 radical (unpaired) electrons. The third-order valence-electron chi connectivity index (χ3n) is 3.28. The van der Waals surface area contributed by atoms with Crippen LogP contribution in [0.15, 0.2) is 43.5 Å². The van der Waals surface area contributed by atoms with Crippen LogP contribution in [-0.2, 0) is 19.0 Å². The molecule has 0 amide bonds. The van der Waals surface area contributed by atoms with Crippen LogP contribution in [0.2, 0.25) is 0 Å². The van der Waals surface area contributed by atoms with Crippen molar-refractivity contribution in [2.24, 2.45) is 0 Å². The highest BCUT2D eigenvalue weighted by molar-refractivity contribution is 5.81. The van der Waals surface area contributed by atoms with Crippen molar-refractivity contribution < 1.29 is 23.7 Å². The van der Waals surface area contributed by atoms with Crippen molar-refractivity contribution in [2.75, 3.05) is 33.5 Å². The zero-order valence-electron chi connectivity index (χ0n) is 14.2. The first kappa shape index (κ1) is 19.9. The summed E-state index contributed by atoms with van der Waals surface area (Å²) in [5.41, 5.74) is 1.05. The molecule has 0 bridgehead atoms.